The number of amides is 1. The Balaban J connectivity index is 2.11. The average Bonchev–Trinajstić information content (AvgIpc) is 3.24. The van der Waals surface area contributed by atoms with Crippen LogP contribution >= 0.6 is 0 Å². The van der Waals surface area contributed by atoms with Gasteiger partial charge >= 0.3 is 14.9 Å². The maximum Gasteiger partial charge on any atom is 0.500 e. The highest BCUT2D eigenvalue weighted by atomic mass is 28.4. The molecule has 0 spiro atoms. The predicted octanol–water partition coefficient (Wildman–Crippen LogP) is 0.770. The minimum atomic E-state index is -2.55. The Labute approximate surface area is 114 Å². The van der Waals surface area contributed by atoms with Gasteiger partial charge in [0.15, 0.2) is 0 Å². The molecule has 1 aliphatic rings. The van der Waals surface area contributed by atoms with Crippen LogP contribution in [0.1, 0.15) is 13.3 Å². The zero-order valence-corrected chi connectivity index (χ0v) is 12.8. The number of alkyl carbamates (subject to hydrolysis) is 1. The number of epoxide rings is 1. The zero-order chi connectivity index (χ0) is 14.1. The summed E-state index contributed by atoms with van der Waals surface area (Å²) in [5.41, 5.74) is 0. The molecule has 7 nitrogen and oxygen atoms in total. The van der Waals surface area contributed by atoms with Gasteiger partial charge in [-0.1, -0.05) is 0 Å². The SMILES string of the molecule is CCO[Si](CCCNC(=O)OCC1CO1)(OC)OC. The molecule has 8 heteroatoms. The lowest BCUT2D eigenvalue weighted by Crippen LogP contribution is -2.44. The number of nitrogens with one attached hydrogen (secondary N) is 1. The summed E-state index contributed by atoms with van der Waals surface area (Å²) in [6.07, 6.45) is 0.378. The van der Waals surface area contributed by atoms with Gasteiger partial charge in [-0.05, 0) is 13.3 Å². The molecule has 0 aromatic heterocycles. The molecule has 112 valence electrons. The first kappa shape index (κ1) is 16.4. The summed E-state index contributed by atoms with van der Waals surface area (Å²) in [6.45, 7) is 3.94. The second kappa shape index (κ2) is 8.49. The van der Waals surface area contributed by atoms with E-state index >= 15 is 0 Å². The molecule has 1 amide bonds. The Bertz CT molecular complexity index is 270. The van der Waals surface area contributed by atoms with Crippen LogP contribution in [-0.2, 0) is 22.8 Å². The fraction of sp³-hybridized carbons (Fsp3) is 0.909. The number of carbonyl (C=O) groups excluding carboxylic acids is 1. The Hall–Kier alpha value is -0.673. The number of hydrogen-bond acceptors (Lipinski definition) is 6. The van der Waals surface area contributed by atoms with E-state index in [4.69, 9.17) is 22.8 Å². The molecule has 1 unspecified atom stereocenters. The molecular formula is C11H23NO6Si. The monoisotopic (exact) mass is 293 g/mol. The lowest BCUT2D eigenvalue weighted by molar-refractivity contribution is 0.103. The highest BCUT2D eigenvalue weighted by molar-refractivity contribution is 6.60. The van der Waals surface area contributed by atoms with Crippen LogP contribution in [0.15, 0.2) is 0 Å². The van der Waals surface area contributed by atoms with Crippen molar-refractivity contribution in [3.63, 3.8) is 0 Å². The first-order chi connectivity index (χ1) is 9.15. The van der Waals surface area contributed by atoms with E-state index in [1.807, 2.05) is 6.92 Å². The van der Waals surface area contributed by atoms with Gasteiger partial charge in [-0.2, -0.15) is 0 Å². The first-order valence-corrected chi connectivity index (χ1v) is 8.35. The highest BCUT2D eigenvalue weighted by Crippen LogP contribution is 2.15. The van der Waals surface area contributed by atoms with Crippen LogP contribution in [0.3, 0.4) is 0 Å². The van der Waals surface area contributed by atoms with E-state index in [0.717, 1.165) is 0 Å². The fourth-order valence-corrected chi connectivity index (χ4v) is 3.58. The summed E-state index contributed by atoms with van der Waals surface area (Å²) in [7, 11) is 0.618. The summed E-state index contributed by atoms with van der Waals surface area (Å²) < 4.78 is 26.1. The van der Waals surface area contributed by atoms with Crippen molar-refractivity contribution < 1.29 is 27.5 Å². The second-order valence-electron chi connectivity index (χ2n) is 4.11. The van der Waals surface area contributed by atoms with E-state index in [0.29, 0.717) is 38.8 Å². The van der Waals surface area contributed by atoms with Crippen molar-refractivity contribution in [3.05, 3.63) is 0 Å². The van der Waals surface area contributed by atoms with Gasteiger partial charge in [0.1, 0.15) is 12.7 Å². The Kier molecular flexibility index (Phi) is 7.32. The van der Waals surface area contributed by atoms with Crippen molar-refractivity contribution in [1.82, 2.24) is 5.32 Å². The van der Waals surface area contributed by atoms with Gasteiger partial charge in [0.25, 0.3) is 0 Å². The van der Waals surface area contributed by atoms with Crippen molar-refractivity contribution in [1.29, 1.82) is 0 Å². The summed E-state index contributed by atoms with van der Waals surface area (Å²) >= 11 is 0. The molecule has 1 fully saturated rings. The molecule has 0 aromatic carbocycles. The molecule has 0 bridgehead atoms. The Morgan fingerprint density at radius 2 is 2.11 bits per heavy atom. The molecular weight excluding hydrogens is 270 g/mol. The van der Waals surface area contributed by atoms with Crippen LogP contribution < -0.4 is 5.32 Å². The lowest BCUT2D eigenvalue weighted by Gasteiger charge is -2.25. The third-order valence-corrected chi connectivity index (χ3v) is 5.66. The van der Waals surface area contributed by atoms with Crippen LogP contribution in [0.4, 0.5) is 4.79 Å². The molecule has 0 aromatic rings. The van der Waals surface area contributed by atoms with Crippen molar-refractivity contribution in [2.45, 2.75) is 25.5 Å². The molecule has 1 atom stereocenters. The number of rotatable bonds is 10. The van der Waals surface area contributed by atoms with E-state index in [1.54, 1.807) is 14.2 Å². The summed E-state index contributed by atoms with van der Waals surface area (Å²) in [6, 6.07) is 0.653. The van der Waals surface area contributed by atoms with Crippen LogP contribution in [0.25, 0.3) is 0 Å². The minimum absolute atomic E-state index is 0.0887. The minimum Gasteiger partial charge on any atom is -0.447 e. The average molecular weight is 293 g/mol. The zero-order valence-electron chi connectivity index (χ0n) is 11.8. The van der Waals surface area contributed by atoms with Gasteiger partial charge in [-0.25, -0.2) is 4.79 Å². The van der Waals surface area contributed by atoms with E-state index in [2.05, 4.69) is 5.32 Å². The standard InChI is InChI=1S/C11H23NO6Si/c1-4-18-19(14-2,15-3)7-5-6-12-11(13)17-9-10-8-16-10/h10H,4-9H2,1-3H3,(H,12,13). The van der Waals surface area contributed by atoms with Gasteiger partial charge in [0.2, 0.25) is 0 Å². The van der Waals surface area contributed by atoms with Crippen LogP contribution in [0.5, 0.6) is 0 Å². The molecule has 1 rings (SSSR count). The third-order valence-electron chi connectivity index (χ3n) is 2.72. The normalized spacial score (nSPS) is 18.2. The summed E-state index contributed by atoms with van der Waals surface area (Å²) in [5.74, 6) is 0. The third kappa shape index (κ3) is 6.35. The van der Waals surface area contributed by atoms with Crippen LogP contribution in [-0.4, -0.2) is 61.6 Å². The maximum atomic E-state index is 11.3. The van der Waals surface area contributed by atoms with Gasteiger partial charge in [0, 0.05) is 33.4 Å². The number of hydrogen-bond donors (Lipinski definition) is 1. The fourth-order valence-electron chi connectivity index (χ4n) is 1.58. The van der Waals surface area contributed by atoms with Crippen molar-refractivity contribution >= 4 is 14.9 Å². The largest absolute Gasteiger partial charge is 0.500 e. The van der Waals surface area contributed by atoms with Gasteiger partial charge < -0.3 is 28.1 Å². The molecule has 1 aliphatic heterocycles. The Morgan fingerprint density at radius 1 is 1.42 bits per heavy atom. The lowest BCUT2D eigenvalue weighted by atomic mass is 10.5. The molecule has 0 aliphatic carbocycles. The summed E-state index contributed by atoms with van der Waals surface area (Å²) in [5, 5.41) is 2.67. The van der Waals surface area contributed by atoms with E-state index in [9.17, 15) is 4.79 Å². The van der Waals surface area contributed by atoms with Crippen LogP contribution in [0, 0.1) is 0 Å². The van der Waals surface area contributed by atoms with Gasteiger partial charge in [-0.3, -0.25) is 0 Å². The topological polar surface area (TPSA) is 78.6 Å². The van der Waals surface area contributed by atoms with E-state index < -0.39 is 14.9 Å². The highest BCUT2D eigenvalue weighted by Gasteiger charge is 2.37. The van der Waals surface area contributed by atoms with E-state index in [1.165, 1.54) is 0 Å². The van der Waals surface area contributed by atoms with Gasteiger partial charge in [-0.15, -0.1) is 0 Å². The molecule has 0 saturated carbocycles. The first-order valence-electron chi connectivity index (χ1n) is 6.42. The molecule has 19 heavy (non-hydrogen) atoms. The predicted molar refractivity (Wildman–Crippen MR) is 69.9 cm³/mol. The Morgan fingerprint density at radius 3 is 2.63 bits per heavy atom. The summed E-state index contributed by atoms with van der Waals surface area (Å²) in [4.78, 5) is 11.3. The van der Waals surface area contributed by atoms with Crippen molar-refractivity contribution in [2.24, 2.45) is 0 Å². The maximum absolute atomic E-state index is 11.3. The smallest absolute Gasteiger partial charge is 0.447 e. The van der Waals surface area contributed by atoms with Crippen molar-refractivity contribution in [3.8, 4) is 0 Å². The number of ether oxygens (including phenoxy) is 2. The van der Waals surface area contributed by atoms with Gasteiger partial charge in [0.05, 0.1) is 6.61 Å². The molecule has 0 radical (unpaired) electrons. The van der Waals surface area contributed by atoms with E-state index in [-0.39, 0.29) is 6.10 Å². The second-order valence-corrected chi connectivity index (χ2v) is 7.08. The quantitative estimate of drug-likeness (QED) is 0.364. The molecule has 1 heterocycles. The number of carbonyl (C=O) groups is 1. The van der Waals surface area contributed by atoms with Crippen LogP contribution in [0.2, 0.25) is 6.04 Å². The molecule has 1 saturated heterocycles. The van der Waals surface area contributed by atoms with Crippen molar-refractivity contribution in [2.75, 3.05) is 40.6 Å². The molecule has 1 N–H and O–H groups in total.